The lowest BCUT2D eigenvalue weighted by molar-refractivity contribution is -0.153. The van der Waals surface area contributed by atoms with Gasteiger partial charge in [-0.25, -0.2) is 0 Å². The zero-order chi connectivity index (χ0) is 21.6. The van der Waals surface area contributed by atoms with Crippen LogP contribution < -0.4 is 11.1 Å². The molecule has 0 spiro atoms. The number of hydrogen-bond acceptors (Lipinski definition) is 4. The van der Waals surface area contributed by atoms with Crippen molar-refractivity contribution in [3.8, 4) is 0 Å². The van der Waals surface area contributed by atoms with Gasteiger partial charge in [0.25, 0.3) is 5.91 Å². The molecule has 0 aliphatic carbocycles. The third kappa shape index (κ3) is 6.75. The van der Waals surface area contributed by atoms with Crippen molar-refractivity contribution < 1.29 is 19.1 Å². The summed E-state index contributed by atoms with van der Waals surface area (Å²) in [6.45, 7) is 7.97. The fourth-order valence-corrected chi connectivity index (χ4v) is 2.69. The fraction of sp³-hybridized carbons (Fsp3) is 0.348. The van der Waals surface area contributed by atoms with Crippen LogP contribution in [0.25, 0.3) is 0 Å². The van der Waals surface area contributed by atoms with E-state index in [1.807, 2.05) is 12.1 Å². The molecule has 6 heteroatoms. The normalized spacial score (nSPS) is 12.1. The van der Waals surface area contributed by atoms with Gasteiger partial charge in [0.1, 0.15) is 0 Å². The van der Waals surface area contributed by atoms with Crippen molar-refractivity contribution in [2.75, 3.05) is 5.32 Å². The highest BCUT2D eigenvalue weighted by Crippen LogP contribution is 2.22. The van der Waals surface area contributed by atoms with E-state index in [1.165, 1.54) is 24.6 Å². The first kappa shape index (κ1) is 22.1. The van der Waals surface area contributed by atoms with Crippen LogP contribution in [0.5, 0.6) is 0 Å². The Kier molecular flexibility index (Phi) is 7.15. The molecule has 2 amide bonds. The molecule has 0 aromatic heterocycles. The summed E-state index contributed by atoms with van der Waals surface area (Å²) < 4.78 is 5.22. The topological polar surface area (TPSA) is 98.5 Å². The van der Waals surface area contributed by atoms with E-state index in [0.29, 0.717) is 17.7 Å². The highest BCUT2D eigenvalue weighted by atomic mass is 16.5. The van der Waals surface area contributed by atoms with Crippen molar-refractivity contribution in [1.82, 2.24) is 0 Å². The van der Waals surface area contributed by atoms with Crippen LogP contribution >= 0.6 is 0 Å². The van der Waals surface area contributed by atoms with Gasteiger partial charge in [0.2, 0.25) is 5.91 Å². The molecule has 0 saturated heterocycles. The average molecular weight is 396 g/mol. The second kappa shape index (κ2) is 9.37. The number of carbonyl (C=O) groups excluding carboxylic acids is 3. The molecule has 0 fully saturated rings. The lowest BCUT2D eigenvalue weighted by Gasteiger charge is -2.19. The summed E-state index contributed by atoms with van der Waals surface area (Å²) in [4.78, 5) is 35.3. The zero-order valence-corrected chi connectivity index (χ0v) is 17.3. The number of rotatable bonds is 7. The van der Waals surface area contributed by atoms with Gasteiger partial charge < -0.3 is 15.8 Å². The van der Waals surface area contributed by atoms with Crippen LogP contribution in [0.2, 0.25) is 0 Å². The van der Waals surface area contributed by atoms with E-state index in [-0.39, 0.29) is 11.8 Å². The Balaban J connectivity index is 1.81. The minimum absolute atomic E-state index is 0.0838. The van der Waals surface area contributed by atoms with Gasteiger partial charge in [-0.05, 0) is 54.2 Å². The van der Waals surface area contributed by atoms with Crippen LogP contribution in [-0.2, 0) is 26.2 Å². The third-order valence-electron chi connectivity index (χ3n) is 4.55. The first-order valence-corrected chi connectivity index (χ1v) is 9.56. The highest BCUT2D eigenvalue weighted by molar-refractivity contribution is 5.96. The Morgan fingerprint density at radius 2 is 1.59 bits per heavy atom. The monoisotopic (exact) mass is 396 g/mol. The Bertz CT molecular complexity index is 865. The van der Waals surface area contributed by atoms with Gasteiger partial charge in [-0.1, -0.05) is 45.0 Å². The summed E-state index contributed by atoms with van der Waals surface area (Å²) in [7, 11) is 0. The molecule has 2 aromatic carbocycles. The van der Waals surface area contributed by atoms with E-state index in [9.17, 15) is 14.4 Å². The van der Waals surface area contributed by atoms with Crippen LogP contribution in [0.4, 0.5) is 5.69 Å². The molecule has 0 radical (unpaired) electrons. The lowest BCUT2D eigenvalue weighted by Crippen LogP contribution is -2.30. The van der Waals surface area contributed by atoms with Gasteiger partial charge >= 0.3 is 5.97 Å². The maximum atomic E-state index is 12.2. The van der Waals surface area contributed by atoms with Gasteiger partial charge in [-0.2, -0.15) is 0 Å². The summed E-state index contributed by atoms with van der Waals surface area (Å²) in [6.07, 6.45) is -0.187. The molecular weight excluding hydrogens is 368 g/mol. The summed E-state index contributed by atoms with van der Waals surface area (Å²) >= 11 is 0. The number of carbonyl (C=O) groups is 3. The molecule has 2 aromatic rings. The molecule has 0 heterocycles. The van der Waals surface area contributed by atoms with Gasteiger partial charge in [0.05, 0.1) is 0 Å². The van der Waals surface area contributed by atoms with E-state index in [1.54, 1.807) is 12.1 Å². The fourth-order valence-electron chi connectivity index (χ4n) is 2.69. The number of anilines is 1. The molecular formula is C23H28N2O4. The Hall–Kier alpha value is -3.15. The zero-order valence-electron chi connectivity index (χ0n) is 17.3. The summed E-state index contributed by atoms with van der Waals surface area (Å²) in [5.41, 5.74) is 8.38. The van der Waals surface area contributed by atoms with E-state index in [2.05, 4.69) is 38.2 Å². The highest BCUT2D eigenvalue weighted by Gasteiger charge is 2.18. The van der Waals surface area contributed by atoms with E-state index >= 15 is 0 Å². The number of hydrogen-bond donors (Lipinski definition) is 2. The SMILES string of the molecule is C[C@H](OC(=O)CCc1ccc(C(C)(C)C)cc1)C(=O)Nc1ccc(C(N)=O)cc1. The maximum absolute atomic E-state index is 12.2. The molecule has 0 saturated carbocycles. The number of nitrogens with one attached hydrogen (secondary N) is 1. The van der Waals surface area contributed by atoms with E-state index < -0.39 is 23.9 Å². The number of amides is 2. The Morgan fingerprint density at radius 3 is 2.10 bits per heavy atom. The number of ether oxygens (including phenoxy) is 1. The smallest absolute Gasteiger partial charge is 0.306 e. The van der Waals surface area contributed by atoms with Crippen LogP contribution in [0.1, 0.15) is 55.6 Å². The molecule has 0 unspecified atom stereocenters. The van der Waals surface area contributed by atoms with Crippen LogP contribution in [0.15, 0.2) is 48.5 Å². The van der Waals surface area contributed by atoms with Gasteiger partial charge in [-0.3, -0.25) is 14.4 Å². The summed E-state index contributed by atoms with van der Waals surface area (Å²) in [6, 6.07) is 14.3. The van der Waals surface area contributed by atoms with Crippen LogP contribution in [0, 0.1) is 0 Å². The number of nitrogens with two attached hydrogens (primary N) is 1. The number of benzene rings is 2. The average Bonchev–Trinajstić information content (AvgIpc) is 2.66. The van der Waals surface area contributed by atoms with E-state index in [0.717, 1.165) is 5.56 Å². The van der Waals surface area contributed by atoms with Crippen molar-refractivity contribution in [2.24, 2.45) is 5.73 Å². The van der Waals surface area contributed by atoms with Crippen LogP contribution in [0.3, 0.4) is 0 Å². The molecule has 3 N–H and O–H groups in total. The van der Waals surface area contributed by atoms with Crippen molar-refractivity contribution in [3.05, 3.63) is 65.2 Å². The van der Waals surface area contributed by atoms with Gasteiger partial charge in [0.15, 0.2) is 6.10 Å². The van der Waals surface area contributed by atoms with Crippen molar-refractivity contribution in [2.45, 2.75) is 52.1 Å². The maximum Gasteiger partial charge on any atom is 0.306 e. The Labute approximate surface area is 171 Å². The third-order valence-corrected chi connectivity index (χ3v) is 4.55. The van der Waals surface area contributed by atoms with Crippen molar-refractivity contribution in [3.63, 3.8) is 0 Å². The molecule has 2 rings (SSSR count). The second-order valence-corrected chi connectivity index (χ2v) is 8.01. The molecule has 0 bridgehead atoms. The summed E-state index contributed by atoms with van der Waals surface area (Å²) in [5.74, 6) is -1.42. The predicted molar refractivity (Wildman–Crippen MR) is 113 cm³/mol. The molecule has 29 heavy (non-hydrogen) atoms. The first-order valence-electron chi connectivity index (χ1n) is 9.56. The van der Waals surface area contributed by atoms with Crippen molar-refractivity contribution >= 4 is 23.5 Å². The minimum Gasteiger partial charge on any atom is -0.453 e. The molecule has 0 aliphatic heterocycles. The molecule has 6 nitrogen and oxygen atoms in total. The minimum atomic E-state index is -0.929. The number of aryl methyl sites for hydroxylation is 1. The van der Waals surface area contributed by atoms with Crippen LogP contribution in [-0.4, -0.2) is 23.9 Å². The number of esters is 1. The van der Waals surface area contributed by atoms with Gasteiger partial charge in [0, 0.05) is 17.7 Å². The quantitative estimate of drug-likeness (QED) is 0.699. The second-order valence-electron chi connectivity index (χ2n) is 8.01. The number of primary amides is 1. The Morgan fingerprint density at radius 1 is 1.00 bits per heavy atom. The van der Waals surface area contributed by atoms with Gasteiger partial charge in [-0.15, -0.1) is 0 Å². The molecule has 0 aliphatic rings. The van der Waals surface area contributed by atoms with Crippen molar-refractivity contribution in [1.29, 1.82) is 0 Å². The molecule has 154 valence electrons. The predicted octanol–water partition coefficient (Wildman–Crippen LogP) is 3.59. The lowest BCUT2D eigenvalue weighted by atomic mass is 9.86. The standard InChI is InChI=1S/C23H28N2O4/c1-15(22(28)25-19-12-8-17(9-13-19)21(24)27)29-20(26)14-7-16-5-10-18(11-6-16)23(2,3)4/h5-6,8-13,15H,7,14H2,1-4H3,(H2,24,27)(H,25,28)/t15-/m0/s1. The summed E-state index contributed by atoms with van der Waals surface area (Å²) in [5, 5.41) is 2.64. The molecule has 1 atom stereocenters. The largest absolute Gasteiger partial charge is 0.453 e. The first-order chi connectivity index (χ1) is 13.6. The van der Waals surface area contributed by atoms with E-state index in [4.69, 9.17) is 10.5 Å².